The maximum Gasteiger partial charge on any atom is 0.119 e. The number of nitrogens with zero attached hydrogens (tertiary/aromatic N) is 1. The zero-order valence-corrected chi connectivity index (χ0v) is 11.0. The largest absolute Gasteiger partial charge is 0.493 e. The number of aliphatic hydroxyl groups excluding tert-OH is 1. The summed E-state index contributed by atoms with van der Waals surface area (Å²) in [6.45, 7) is 4.39. The van der Waals surface area contributed by atoms with Crippen molar-refractivity contribution in [3.8, 4) is 5.75 Å². The van der Waals surface area contributed by atoms with Crippen molar-refractivity contribution in [3.63, 3.8) is 0 Å². The van der Waals surface area contributed by atoms with Crippen molar-refractivity contribution in [1.29, 1.82) is 0 Å². The van der Waals surface area contributed by atoms with Gasteiger partial charge < -0.3 is 15.1 Å². The second-order valence-corrected chi connectivity index (χ2v) is 4.58. The molecule has 0 heterocycles. The minimum atomic E-state index is 0.137. The van der Waals surface area contributed by atoms with Gasteiger partial charge in [0.2, 0.25) is 0 Å². The van der Waals surface area contributed by atoms with Crippen LogP contribution >= 0.6 is 0 Å². The van der Waals surface area contributed by atoms with Crippen molar-refractivity contribution in [1.82, 2.24) is 0 Å². The Labute approximate surface area is 108 Å². The molecule has 4 heteroatoms. The summed E-state index contributed by atoms with van der Waals surface area (Å²) in [5, 5.41) is 20.6. The lowest BCUT2D eigenvalue weighted by Gasteiger charge is -2.10. The molecule has 0 fully saturated rings. The smallest absolute Gasteiger partial charge is 0.119 e. The molecule has 1 aromatic carbocycles. The Hall–Kier alpha value is -1.55. The number of aliphatic hydroxyl groups is 1. The van der Waals surface area contributed by atoms with Crippen LogP contribution in [0.4, 0.5) is 0 Å². The predicted octanol–water partition coefficient (Wildman–Crippen LogP) is 2.48. The Morgan fingerprint density at radius 3 is 2.56 bits per heavy atom. The van der Waals surface area contributed by atoms with Crippen LogP contribution in [0, 0.1) is 5.92 Å². The summed E-state index contributed by atoms with van der Waals surface area (Å²) in [6.07, 6.45) is 1.60. The lowest BCUT2D eigenvalue weighted by molar-refractivity contribution is 0.174. The van der Waals surface area contributed by atoms with Crippen molar-refractivity contribution in [3.05, 3.63) is 29.8 Å². The second-order valence-electron chi connectivity index (χ2n) is 4.58. The fourth-order valence-corrected chi connectivity index (χ4v) is 1.42. The Morgan fingerprint density at radius 2 is 2.00 bits per heavy atom. The van der Waals surface area contributed by atoms with E-state index in [1.54, 1.807) is 6.92 Å². The standard InChI is InChI=1S/C14H21NO3/c1-11(9-16)10-18-14-7-5-13(6-8-14)4-3-12(2)15-17/h5-8,11,16-17H,3-4,9-10H2,1-2H3/b15-12+. The van der Waals surface area contributed by atoms with Crippen LogP contribution in [0.2, 0.25) is 0 Å². The highest BCUT2D eigenvalue weighted by Gasteiger charge is 2.02. The van der Waals surface area contributed by atoms with Crippen molar-refractivity contribution < 1.29 is 15.1 Å². The molecule has 0 radical (unpaired) electrons. The summed E-state index contributed by atoms with van der Waals surface area (Å²) in [4.78, 5) is 0. The molecular weight excluding hydrogens is 230 g/mol. The molecule has 1 rings (SSSR count). The van der Waals surface area contributed by atoms with Gasteiger partial charge in [-0.15, -0.1) is 0 Å². The zero-order valence-electron chi connectivity index (χ0n) is 11.0. The molecule has 0 aliphatic rings. The summed E-state index contributed by atoms with van der Waals surface area (Å²) in [5.41, 5.74) is 1.91. The lowest BCUT2D eigenvalue weighted by atomic mass is 10.1. The van der Waals surface area contributed by atoms with E-state index in [0.29, 0.717) is 6.61 Å². The van der Waals surface area contributed by atoms with Crippen LogP contribution in [-0.2, 0) is 6.42 Å². The quantitative estimate of drug-likeness (QED) is 0.444. The molecule has 1 atom stereocenters. The van der Waals surface area contributed by atoms with Crippen molar-refractivity contribution in [2.45, 2.75) is 26.7 Å². The van der Waals surface area contributed by atoms with Gasteiger partial charge >= 0.3 is 0 Å². The Bertz CT molecular complexity index is 373. The van der Waals surface area contributed by atoms with E-state index in [4.69, 9.17) is 15.1 Å². The van der Waals surface area contributed by atoms with Crippen LogP contribution in [0.25, 0.3) is 0 Å². The van der Waals surface area contributed by atoms with Crippen LogP contribution in [-0.4, -0.2) is 29.2 Å². The molecular formula is C14H21NO3. The van der Waals surface area contributed by atoms with Gasteiger partial charge in [0.1, 0.15) is 5.75 Å². The zero-order chi connectivity index (χ0) is 13.4. The minimum Gasteiger partial charge on any atom is -0.493 e. The number of hydrogen-bond donors (Lipinski definition) is 2. The molecule has 0 spiro atoms. The van der Waals surface area contributed by atoms with Gasteiger partial charge in [-0.25, -0.2) is 0 Å². The molecule has 0 saturated heterocycles. The third-order valence-corrected chi connectivity index (χ3v) is 2.72. The van der Waals surface area contributed by atoms with E-state index in [9.17, 15) is 0 Å². The van der Waals surface area contributed by atoms with Crippen molar-refractivity contribution in [2.24, 2.45) is 11.1 Å². The highest BCUT2D eigenvalue weighted by atomic mass is 16.5. The molecule has 0 saturated carbocycles. The van der Waals surface area contributed by atoms with Gasteiger partial charge in [-0.3, -0.25) is 0 Å². The summed E-state index contributed by atoms with van der Waals surface area (Å²) >= 11 is 0. The summed E-state index contributed by atoms with van der Waals surface area (Å²) in [6, 6.07) is 7.85. The van der Waals surface area contributed by atoms with Crippen LogP contribution in [0.3, 0.4) is 0 Å². The molecule has 1 aromatic rings. The third kappa shape index (κ3) is 5.19. The number of ether oxygens (including phenoxy) is 1. The molecule has 18 heavy (non-hydrogen) atoms. The van der Waals surface area contributed by atoms with Crippen LogP contribution in [0.1, 0.15) is 25.8 Å². The van der Waals surface area contributed by atoms with Gasteiger partial charge in [0.05, 0.1) is 12.3 Å². The first-order valence-electron chi connectivity index (χ1n) is 6.15. The number of oxime groups is 1. The molecule has 0 amide bonds. The summed E-state index contributed by atoms with van der Waals surface area (Å²) < 4.78 is 5.54. The predicted molar refractivity (Wildman–Crippen MR) is 71.4 cm³/mol. The first-order chi connectivity index (χ1) is 8.65. The molecule has 100 valence electrons. The van der Waals surface area contributed by atoms with Gasteiger partial charge in [-0.2, -0.15) is 0 Å². The van der Waals surface area contributed by atoms with Gasteiger partial charge in [-0.05, 0) is 37.5 Å². The summed E-state index contributed by atoms with van der Waals surface area (Å²) in [7, 11) is 0. The van der Waals surface area contributed by atoms with E-state index in [0.717, 1.165) is 24.3 Å². The van der Waals surface area contributed by atoms with Crippen molar-refractivity contribution in [2.75, 3.05) is 13.2 Å². The van der Waals surface area contributed by atoms with Gasteiger partial charge in [0.15, 0.2) is 0 Å². The fourth-order valence-electron chi connectivity index (χ4n) is 1.42. The first-order valence-corrected chi connectivity index (χ1v) is 6.15. The molecule has 0 aliphatic heterocycles. The molecule has 0 aliphatic carbocycles. The second kappa shape index (κ2) is 7.71. The SMILES string of the molecule is C/C(CCc1ccc(OCC(C)CO)cc1)=N\O. The van der Waals surface area contributed by atoms with Gasteiger partial charge in [0, 0.05) is 12.5 Å². The van der Waals surface area contributed by atoms with Gasteiger partial charge in [0.25, 0.3) is 0 Å². The maximum absolute atomic E-state index is 8.89. The molecule has 0 aromatic heterocycles. The number of aryl methyl sites for hydroxylation is 1. The van der Waals surface area contributed by atoms with E-state index in [1.807, 2.05) is 31.2 Å². The maximum atomic E-state index is 8.89. The van der Waals surface area contributed by atoms with E-state index < -0.39 is 0 Å². The van der Waals surface area contributed by atoms with E-state index in [2.05, 4.69) is 5.16 Å². The number of hydrogen-bond acceptors (Lipinski definition) is 4. The third-order valence-electron chi connectivity index (χ3n) is 2.72. The summed E-state index contributed by atoms with van der Waals surface area (Å²) in [5.74, 6) is 0.958. The van der Waals surface area contributed by atoms with Crippen LogP contribution < -0.4 is 4.74 Å². The normalized spacial score (nSPS) is 13.4. The fraction of sp³-hybridized carbons (Fsp3) is 0.500. The molecule has 2 N–H and O–H groups in total. The topological polar surface area (TPSA) is 62.0 Å². The lowest BCUT2D eigenvalue weighted by Crippen LogP contribution is -2.12. The van der Waals surface area contributed by atoms with Crippen LogP contribution in [0.15, 0.2) is 29.4 Å². The van der Waals surface area contributed by atoms with E-state index >= 15 is 0 Å². The number of rotatable bonds is 7. The highest BCUT2D eigenvalue weighted by Crippen LogP contribution is 2.14. The molecule has 1 unspecified atom stereocenters. The molecule has 0 bridgehead atoms. The average molecular weight is 251 g/mol. The Morgan fingerprint density at radius 1 is 1.33 bits per heavy atom. The monoisotopic (exact) mass is 251 g/mol. The Kier molecular flexibility index (Phi) is 6.22. The molecule has 4 nitrogen and oxygen atoms in total. The first kappa shape index (κ1) is 14.5. The van der Waals surface area contributed by atoms with E-state index in [-0.39, 0.29) is 12.5 Å². The average Bonchev–Trinajstić information content (AvgIpc) is 2.43. The highest BCUT2D eigenvalue weighted by molar-refractivity contribution is 5.81. The number of benzene rings is 1. The van der Waals surface area contributed by atoms with Crippen molar-refractivity contribution >= 4 is 5.71 Å². The minimum absolute atomic E-state index is 0.137. The van der Waals surface area contributed by atoms with Crippen LogP contribution in [0.5, 0.6) is 5.75 Å². The van der Waals surface area contributed by atoms with E-state index in [1.165, 1.54) is 5.56 Å². The van der Waals surface area contributed by atoms with Gasteiger partial charge in [-0.1, -0.05) is 24.2 Å². The Balaban J connectivity index is 2.42.